The van der Waals surface area contributed by atoms with Crippen LogP contribution in [0.1, 0.15) is 19.8 Å². The molecule has 0 spiro atoms. The summed E-state index contributed by atoms with van der Waals surface area (Å²) in [6.45, 7) is 4.56. The summed E-state index contributed by atoms with van der Waals surface area (Å²) in [7, 11) is 0. The zero-order valence-corrected chi connectivity index (χ0v) is 9.61. The van der Waals surface area contributed by atoms with Gasteiger partial charge in [-0.25, -0.2) is 4.98 Å². The topological polar surface area (TPSA) is 43.4 Å². The molecular weight excluding hydrogens is 204 g/mol. The standard InChI is InChI=1S/C12H18N2O2/c1-2-15-11-6-4-8-14-12(11)16-10-5-3-7-13-9-10/h4,6,8,10,13H,2-3,5,7,9H2,1H3/t10-/m1/s1. The third-order valence-corrected chi connectivity index (χ3v) is 2.57. The second kappa shape index (κ2) is 5.70. The van der Waals surface area contributed by atoms with Crippen molar-refractivity contribution in [3.63, 3.8) is 0 Å². The van der Waals surface area contributed by atoms with Crippen LogP contribution in [0.2, 0.25) is 0 Å². The van der Waals surface area contributed by atoms with Gasteiger partial charge in [0.15, 0.2) is 5.75 Å². The van der Waals surface area contributed by atoms with Crippen LogP contribution in [0.25, 0.3) is 0 Å². The summed E-state index contributed by atoms with van der Waals surface area (Å²) in [5, 5.41) is 3.31. The number of piperidine rings is 1. The van der Waals surface area contributed by atoms with Crippen molar-refractivity contribution in [3.8, 4) is 11.6 Å². The first kappa shape index (κ1) is 11.2. The Bertz CT molecular complexity index is 325. The first-order chi connectivity index (χ1) is 7.90. The molecule has 0 aliphatic carbocycles. The third-order valence-electron chi connectivity index (χ3n) is 2.57. The summed E-state index contributed by atoms with van der Waals surface area (Å²) in [5.74, 6) is 1.34. The van der Waals surface area contributed by atoms with Crippen molar-refractivity contribution in [2.75, 3.05) is 19.7 Å². The second-order valence-electron chi connectivity index (χ2n) is 3.83. The summed E-state index contributed by atoms with van der Waals surface area (Å²) >= 11 is 0. The van der Waals surface area contributed by atoms with Crippen LogP contribution in [0.15, 0.2) is 18.3 Å². The van der Waals surface area contributed by atoms with Crippen molar-refractivity contribution < 1.29 is 9.47 Å². The van der Waals surface area contributed by atoms with Gasteiger partial charge in [0.25, 0.3) is 5.88 Å². The van der Waals surface area contributed by atoms with Crippen LogP contribution in [-0.2, 0) is 0 Å². The molecule has 0 bridgehead atoms. The van der Waals surface area contributed by atoms with Gasteiger partial charge in [0.2, 0.25) is 0 Å². The molecule has 1 aromatic heterocycles. The molecule has 2 heterocycles. The second-order valence-corrected chi connectivity index (χ2v) is 3.83. The van der Waals surface area contributed by atoms with Gasteiger partial charge in [-0.2, -0.15) is 0 Å². The number of pyridine rings is 1. The van der Waals surface area contributed by atoms with E-state index in [-0.39, 0.29) is 6.10 Å². The molecule has 0 amide bonds. The summed E-state index contributed by atoms with van der Waals surface area (Å²) in [5.41, 5.74) is 0. The molecule has 1 N–H and O–H groups in total. The molecule has 4 nitrogen and oxygen atoms in total. The largest absolute Gasteiger partial charge is 0.488 e. The van der Waals surface area contributed by atoms with Crippen molar-refractivity contribution >= 4 is 0 Å². The van der Waals surface area contributed by atoms with Crippen molar-refractivity contribution in [3.05, 3.63) is 18.3 Å². The summed E-state index contributed by atoms with van der Waals surface area (Å²) in [4.78, 5) is 4.22. The Morgan fingerprint density at radius 1 is 1.56 bits per heavy atom. The van der Waals surface area contributed by atoms with E-state index in [2.05, 4.69) is 10.3 Å². The van der Waals surface area contributed by atoms with Gasteiger partial charge in [0.05, 0.1) is 6.61 Å². The smallest absolute Gasteiger partial charge is 0.257 e. The minimum atomic E-state index is 0.211. The van der Waals surface area contributed by atoms with Crippen molar-refractivity contribution in [2.45, 2.75) is 25.9 Å². The van der Waals surface area contributed by atoms with Gasteiger partial charge in [-0.3, -0.25) is 0 Å². The molecule has 4 heteroatoms. The third kappa shape index (κ3) is 2.85. The fourth-order valence-electron chi connectivity index (χ4n) is 1.81. The molecule has 0 unspecified atom stereocenters. The maximum Gasteiger partial charge on any atom is 0.257 e. The molecule has 16 heavy (non-hydrogen) atoms. The molecule has 1 atom stereocenters. The lowest BCUT2D eigenvalue weighted by Crippen LogP contribution is -2.37. The highest BCUT2D eigenvalue weighted by Gasteiger charge is 2.17. The average molecular weight is 222 g/mol. The van der Waals surface area contributed by atoms with E-state index in [1.165, 1.54) is 0 Å². The van der Waals surface area contributed by atoms with Gasteiger partial charge in [-0.05, 0) is 38.4 Å². The van der Waals surface area contributed by atoms with Crippen LogP contribution in [0.4, 0.5) is 0 Å². The predicted octanol–water partition coefficient (Wildman–Crippen LogP) is 1.61. The van der Waals surface area contributed by atoms with Crippen molar-refractivity contribution in [1.82, 2.24) is 10.3 Å². The predicted molar refractivity (Wildman–Crippen MR) is 61.9 cm³/mol. The van der Waals surface area contributed by atoms with E-state index in [0.717, 1.165) is 31.7 Å². The molecule has 1 fully saturated rings. The zero-order chi connectivity index (χ0) is 11.2. The van der Waals surface area contributed by atoms with Gasteiger partial charge in [-0.15, -0.1) is 0 Å². The minimum absolute atomic E-state index is 0.211. The number of rotatable bonds is 4. The average Bonchev–Trinajstić information content (AvgIpc) is 2.33. The van der Waals surface area contributed by atoms with E-state index in [1.807, 2.05) is 19.1 Å². The number of hydrogen-bond donors (Lipinski definition) is 1. The van der Waals surface area contributed by atoms with Crippen LogP contribution in [0, 0.1) is 0 Å². The molecule has 2 rings (SSSR count). The fraction of sp³-hybridized carbons (Fsp3) is 0.583. The molecule has 1 saturated heterocycles. The van der Waals surface area contributed by atoms with E-state index in [1.54, 1.807) is 6.20 Å². The van der Waals surface area contributed by atoms with Gasteiger partial charge < -0.3 is 14.8 Å². The number of nitrogens with zero attached hydrogens (tertiary/aromatic N) is 1. The molecule has 0 saturated carbocycles. The Balaban J connectivity index is 2.01. The maximum absolute atomic E-state index is 5.84. The minimum Gasteiger partial charge on any atom is -0.488 e. The van der Waals surface area contributed by atoms with E-state index in [9.17, 15) is 0 Å². The fourth-order valence-corrected chi connectivity index (χ4v) is 1.81. The highest BCUT2D eigenvalue weighted by Crippen LogP contribution is 2.25. The number of nitrogens with one attached hydrogen (secondary N) is 1. The van der Waals surface area contributed by atoms with Gasteiger partial charge in [0.1, 0.15) is 6.10 Å². The van der Waals surface area contributed by atoms with Gasteiger partial charge in [-0.1, -0.05) is 0 Å². The molecule has 1 aromatic rings. The Labute approximate surface area is 96.0 Å². The highest BCUT2D eigenvalue weighted by molar-refractivity contribution is 5.32. The Morgan fingerprint density at radius 3 is 3.25 bits per heavy atom. The van der Waals surface area contributed by atoms with Gasteiger partial charge >= 0.3 is 0 Å². The van der Waals surface area contributed by atoms with Crippen LogP contribution >= 0.6 is 0 Å². The Kier molecular flexibility index (Phi) is 3.99. The lowest BCUT2D eigenvalue weighted by Gasteiger charge is -2.24. The molecule has 1 aliphatic heterocycles. The lowest BCUT2D eigenvalue weighted by molar-refractivity contribution is 0.152. The monoisotopic (exact) mass is 222 g/mol. The van der Waals surface area contributed by atoms with Crippen LogP contribution in [0.5, 0.6) is 11.6 Å². The molecular formula is C12H18N2O2. The summed E-state index contributed by atoms with van der Waals surface area (Å²) < 4.78 is 11.3. The maximum atomic E-state index is 5.84. The molecule has 88 valence electrons. The SMILES string of the molecule is CCOc1cccnc1O[C@@H]1CCCNC1. The zero-order valence-electron chi connectivity index (χ0n) is 9.61. The first-order valence-electron chi connectivity index (χ1n) is 5.85. The van der Waals surface area contributed by atoms with Crippen LogP contribution < -0.4 is 14.8 Å². The lowest BCUT2D eigenvalue weighted by atomic mass is 10.1. The van der Waals surface area contributed by atoms with E-state index < -0.39 is 0 Å². The summed E-state index contributed by atoms with van der Waals surface area (Å²) in [6.07, 6.45) is 4.17. The Hall–Kier alpha value is -1.29. The van der Waals surface area contributed by atoms with Crippen LogP contribution in [0.3, 0.4) is 0 Å². The van der Waals surface area contributed by atoms with Gasteiger partial charge in [0, 0.05) is 12.7 Å². The van der Waals surface area contributed by atoms with Crippen LogP contribution in [-0.4, -0.2) is 30.8 Å². The number of ether oxygens (including phenoxy) is 2. The van der Waals surface area contributed by atoms with E-state index >= 15 is 0 Å². The number of hydrogen-bond acceptors (Lipinski definition) is 4. The normalized spacial score (nSPS) is 20.4. The number of aromatic nitrogens is 1. The highest BCUT2D eigenvalue weighted by atomic mass is 16.5. The van der Waals surface area contributed by atoms with E-state index in [0.29, 0.717) is 12.5 Å². The first-order valence-corrected chi connectivity index (χ1v) is 5.85. The van der Waals surface area contributed by atoms with E-state index in [4.69, 9.17) is 9.47 Å². The molecule has 1 aliphatic rings. The Morgan fingerprint density at radius 2 is 2.50 bits per heavy atom. The molecule has 0 radical (unpaired) electrons. The summed E-state index contributed by atoms with van der Waals surface area (Å²) in [6, 6.07) is 3.75. The van der Waals surface area contributed by atoms with Crippen molar-refractivity contribution in [1.29, 1.82) is 0 Å². The van der Waals surface area contributed by atoms with Crippen molar-refractivity contribution in [2.24, 2.45) is 0 Å². The quantitative estimate of drug-likeness (QED) is 0.840. The molecule has 0 aromatic carbocycles.